The summed E-state index contributed by atoms with van der Waals surface area (Å²) in [5.74, 6) is 1.00. The summed E-state index contributed by atoms with van der Waals surface area (Å²) in [5.41, 5.74) is 0. The van der Waals surface area contributed by atoms with Crippen molar-refractivity contribution in [2.24, 2.45) is 5.92 Å². The van der Waals surface area contributed by atoms with Gasteiger partial charge in [0.05, 0.1) is 6.04 Å². The fraction of sp³-hybridized carbons (Fsp3) is 0.933. The lowest BCUT2D eigenvalue weighted by Crippen LogP contribution is -2.50. The molecule has 0 bridgehead atoms. The Kier molecular flexibility index (Phi) is 5.22. The third-order valence-corrected chi connectivity index (χ3v) is 4.77. The second-order valence-corrected chi connectivity index (χ2v) is 6.35. The third-order valence-electron chi connectivity index (χ3n) is 4.77. The summed E-state index contributed by atoms with van der Waals surface area (Å²) in [5, 5.41) is 3.53. The number of piperidine rings is 1. The molecule has 4 nitrogen and oxygen atoms in total. The van der Waals surface area contributed by atoms with E-state index in [0.29, 0.717) is 12.0 Å². The second-order valence-electron chi connectivity index (χ2n) is 6.35. The molecule has 2 rings (SSSR count). The minimum Gasteiger partial charge on any atom is -0.341 e. The van der Waals surface area contributed by atoms with Crippen molar-refractivity contribution in [3.05, 3.63) is 0 Å². The number of nitrogens with one attached hydrogen (secondary N) is 1. The van der Waals surface area contributed by atoms with E-state index in [-0.39, 0.29) is 11.9 Å². The van der Waals surface area contributed by atoms with Gasteiger partial charge in [-0.15, -0.1) is 0 Å². The number of nitrogens with zero attached hydrogens (tertiary/aromatic N) is 2. The van der Waals surface area contributed by atoms with Crippen LogP contribution in [0, 0.1) is 5.92 Å². The molecular weight excluding hydrogens is 238 g/mol. The SMILES string of the molecule is CC(NC(C)C1CCN(C)CC1)C(=O)N1CCCC1. The highest BCUT2D eigenvalue weighted by Gasteiger charge is 2.27. The fourth-order valence-electron chi connectivity index (χ4n) is 3.34. The minimum absolute atomic E-state index is 0.0345. The molecule has 0 saturated carbocycles. The van der Waals surface area contributed by atoms with Crippen molar-refractivity contribution >= 4 is 5.91 Å². The molecule has 4 heteroatoms. The molecule has 0 aromatic heterocycles. The highest BCUT2D eigenvalue weighted by molar-refractivity contribution is 5.81. The monoisotopic (exact) mass is 267 g/mol. The van der Waals surface area contributed by atoms with Gasteiger partial charge in [-0.2, -0.15) is 0 Å². The van der Waals surface area contributed by atoms with Crippen molar-refractivity contribution < 1.29 is 4.79 Å². The highest BCUT2D eigenvalue weighted by atomic mass is 16.2. The lowest BCUT2D eigenvalue weighted by molar-refractivity contribution is -0.132. The van der Waals surface area contributed by atoms with E-state index in [1.54, 1.807) is 0 Å². The van der Waals surface area contributed by atoms with Gasteiger partial charge in [0.15, 0.2) is 0 Å². The van der Waals surface area contributed by atoms with Gasteiger partial charge in [-0.05, 0) is 65.6 Å². The molecule has 2 fully saturated rings. The first kappa shape index (κ1) is 14.8. The molecule has 2 aliphatic rings. The number of carbonyl (C=O) groups is 1. The maximum absolute atomic E-state index is 12.3. The first-order chi connectivity index (χ1) is 9.08. The zero-order valence-corrected chi connectivity index (χ0v) is 12.7. The molecule has 2 heterocycles. The first-order valence-corrected chi connectivity index (χ1v) is 7.81. The van der Waals surface area contributed by atoms with Crippen LogP contribution in [0.4, 0.5) is 0 Å². The van der Waals surface area contributed by atoms with Crippen LogP contribution in [-0.4, -0.2) is 61.0 Å². The molecule has 0 aromatic rings. The molecule has 2 atom stereocenters. The normalized spacial score (nSPS) is 25.5. The highest BCUT2D eigenvalue weighted by Crippen LogP contribution is 2.20. The summed E-state index contributed by atoms with van der Waals surface area (Å²) in [6.07, 6.45) is 4.83. The number of carbonyl (C=O) groups excluding carboxylic acids is 1. The molecule has 19 heavy (non-hydrogen) atoms. The van der Waals surface area contributed by atoms with Gasteiger partial charge in [0.25, 0.3) is 0 Å². The zero-order valence-electron chi connectivity index (χ0n) is 12.7. The van der Waals surface area contributed by atoms with Gasteiger partial charge in [-0.25, -0.2) is 0 Å². The summed E-state index contributed by atoms with van der Waals surface area (Å²) in [6, 6.07) is 0.406. The van der Waals surface area contributed by atoms with Gasteiger partial charge in [0.1, 0.15) is 0 Å². The Bertz CT molecular complexity index is 294. The lowest BCUT2D eigenvalue weighted by atomic mass is 9.90. The van der Waals surface area contributed by atoms with E-state index in [1.807, 2.05) is 11.8 Å². The van der Waals surface area contributed by atoms with Gasteiger partial charge < -0.3 is 15.1 Å². The number of amides is 1. The number of rotatable bonds is 4. The molecule has 1 N–H and O–H groups in total. The molecule has 2 aliphatic heterocycles. The Morgan fingerprint density at radius 3 is 2.26 bits per heavy atom. The van der Waals surface area contributed by atoms with Gasteiger partial charge >= 0.3 is 0 Å². The molecule has 110 valence electrons. The number of hydrogen-bond donors (Lipinski definition) is 1. The van der Waals surface area contributed by atoms with E-state index in [9.17, 15) is 4.79 Å². The molecule has 0 spiro atoms. The molecular formula is C15H29N3O. The summed E-state index contributed by atoms with van der Waals surface area (Å²) in [6.45, 7) is 8.53. The Labute approximate surface area is 117 Å². The summed E-state index contributed by atoms with van der Waals surface area (Å²) < 4.78 is 0. The van der Waals surface area contributed by atoms with Gasteiger partial charge in [0, 0.05) is 19.1 Å². The Balaban J connectivity index is 1.77. The molecule has 0 radical (unpaired) electrons. The summed E-state index contributed by atoms with van der Waals surface area (Å²) in [4.78, 5) is 16.7. The van der Waals surface area contributed by atoms with Crippen molar-refractivity contribution in [1.82, 2.24) is 15.1 Å². The predicted octanol–water partition coefficient (Wildman–Crippen LogP) is 1.32. The molecule has 0 aliphatic carbocycles. The third kappa shape index (κ3) is 3.93. The topological polar surface area (TPSA) is 35.6 Å². The quantitative estimate of drug-likeness (QED) is 0.834. The van der Waals surface area contributed by atoms with Crippen LogP contribution in [0.25, 0.3) is 0 Å². The van der Waals surface area contributed by atoms with Crippen LogP contribution in [0.5, 0.6) is 0 Å². The Morgan fingerprint density at radius 2 is 1.68 bits per heavy atom. The Hall–Kier alpha value is -0.610. The van der Waals surface area contributed by atoms with E-state index < -0.39 is 0 Å². The van der Waals surface area contributed by atoms with Crippen molar-refractivity contribution in [2.45, 2.75) is 51.6 Å². The number of likely N-dealkylation sites (tertiary alicyclic amines) is 2. The van der Waals surface area contributed by atoms with E-state index in [2.05, 4.69) is 24.2 Å². The molecule has 0 aromatic carbocycles. The maximum atomic E-state index is 12.3. The van der Waals surface area contributed by atoms with Crippen LogP contribution < -0.4 is 5.32 Å². The smallest absolute Gasteiger partial charge is 0.239 e. The maximum Gasteiger partial charge on any atom is 0.239 e. The van der Waals surface area contributed by atoms with Gasteiger partial charge in [0.2, 0.25) is 5.91 Å². The van der Waals surface area contributed by atoms with Crippen LogP contribution in [-0.2, 0) is 4.79 Å². The van der Waals surface area contributed by atoms with Crippen LogP contribution in [0.2, 0.25) is 0 Å². The summed E-state index contributed by atoms with van der Waals surface area (Å²) in [7, 11) is 2.19. The van der Waals surface area contributed by atoms with E-state index >= 15 is 0 Å². The average Bonchev–Trinajstić information content (AvgIpc) is 2.92. The van der Waals surface area contributed by atoms with Crippen molar-refractivity contribution in [3.8, 4) is 0 Å². The van der Waals surface area contributed by atoms with E-state index in [0.717, 1.165) is 13.1 Å². The van der Waals surface area contributed by atoms with Crippen molar-refractivity contribution in [3.63, 3.8) is 0 Å². The Morgan fingerprint density at radius 1 is 1.11 bits per heavy atom. The zero-order chi connectivity index (χ0) is 13.8. The lowest BCUT2D eigenvalue weighted by Gasteiger charge is -2.34. The van der Waals surface area contributed by atoms with E-state index in [4.69, 9.17) is 0 Å². The molecule has 2 unspecified atom stereocenters. The second kappa shape index (κ2) is 6.71. The largest absolute Gasteiger partial charge is 0.341 e. The first-order valence-electron chi connectivity index (χ1n) is 7.81. The van der Waals surface area contributed by atoms with Gasteiger partial charge in [-0.3, -0.25) is 4.79 Å². The minimum atomic E-state index is -0.0345. The summed E-state index contributed by atoms with van der Waals surface area (Å²) >= 11 is 0. The molecule has 2 saturated heterocycles. The van der Waals surface area contributed by atoms with Crippen LogP contribution >= 0.6 is 0 Å². The van der Waals surface area contributed by atoms with Gasteiger partial charge in [-0.1, -0.05) is 0 Å². The van der Waals surface area contributed by atoms with Crippen LogP contribution in [0.15, 0.2) is 0 Å². The standard InChI is InChI=1S/C15H29N3O/c1-12(14-6-10-17(3)11-7-14)16-13(2)15(19)18-8-4-5-9-18/h12-14,16H,4-11H2,1-3H3. The number of hydrogen-bond acceptors (Lipinski definition) is 3. The molecule has 1 amide bonds. The fourth-order valence-corrected chi connectivity index (χ4v) is 3.34. The van der Waals surface area contributed by atoms with Crippen molar-refractivity contribution in [2.75, 3.05) is 33.2 Å². The van der Waals surface area contributed by atoms with E-state index in [1.165, 1.54) is 38.8 Å². The van der Waals surface area contributed by atoms with Crippen LogP contribution in [0.1, 0.15) is 39.5 Å². The van der Waals surface area contributed by atoms with Crippen molar-refractivity contribution in [1.29, 1.82) is 0 Å². The van der Waals surface area contributed by atoms with Crippen LogP contribution in [0.3, 0.4) is 0 Å². The average molecular weight is 267 g/mol. The predicted molar refractivity (Wildman–Crippen MR) is 78.1 cm³/mol.